The van der Waals surface area contributed by atoms with E-state index >= 15 is 0 Å². The van der Waals surface area contributed by atoms with Crippen molar-refractivity contribution in [3.05, 3.63) is 65.4 Å². The number of carbonyl (C=O) groups is 1. The van der Waals surface area contributed by atoms with Gasteiger partial charge in [0.25, 0.3) is 5.91 Å². The lowest BCUT2D eigenvalue weighted by molar-refractivity contribution is -0.0514. The maximum Gasteiger partial charge on any atom is 0.387 e. The first-order valence-corrected chi connectivity index (χ1v) is 9.26. The Kier molecular flexibility index (Phi) is 7.08. The number of alkyl halides is 2. The van der Waals surface area contributed by atoms with Crippen molar-refractivity contribution in [1.82, 2.24) is 9.78 Å². The minimum atomic E-state index is -3.00. The summed E-state index contributed by atoms with van der Waals surface area (Å²) in [5, 5.41) is 7.34. The van der Waals surface area contributed by atoms with Crippen LogP contribution in [0.1, 0.15) is 17.3 Å². The zero-order chi connectivity index (χ0) is 21.5. The smallest absolute Gasteiger partial charge is 0.387 e. The van der Waals surface area contributed by atoms with E-state index in [9.17, 15) is 13.6 Å². The van der Waals surface area contributed by atoms with Gasteiger partial charge in [-0.1, -0.05) is 17.7 Å². The highest BCUT2D eigenvalue weighted by atomic mass is 35.5. The monoisotopic (exact) mass is 437 g/mol. The first kappa shape index (κ1) is 21.4. The van der Waals surface area contributed by atoms with Crippen LogP contribution in [0.25, 0.3) is 0 Å². The van der Waals surface area contributed by atoms with Gasteiger partial charge in [-0.25, -0.2) is 4.68 Å². The number of hydrogen-bond donors (Lipinski definition) is 1. The molecule has 0 saturated heterocycles. The van der Waals surface area contributed by atoms with Crippen molar-refractivity contribution in [3.63, 3.8) is 0 Å². The molecule has 0 aliphatic rings. The molecule has 1 aromatic heterocycles. The van der Waals surface area contributed by atoms with E-state index in [1.54, 1.807) is 37.4 Å². The summed E-state index contributed by atoms with van der Waals surface area (Å²) in [7, 11) is 0. The molecule has 0 saturated carbocycles. The van der Waals surface area contributed by atoms with Crippen LogP contribution in [0.2, 0.25) is 5.02 Å². The van der Waals surface area contributed by atoms with Gasteiger partial charge < -0.3 is 19.5 Å². The third-order valence-electron chi connectivity index (χ3n) is 3.77. The molecular formula is C20H18ClF2N3O4. The molecule has 3 aromatic rings. The van der Waals surface area contributed by atoms with Crippen LogP contribution in [0.5, 0.6) is 17.2 Å². The quantitative estimate of drug-likeness (QED) is 0.519. The average Bonchev–Trinajstić information content (AvgIpc) is 3.15. The molecule has 1 N–H and O–H groups in total. The van der Waals surface area contributed by atoms with E-state index in [1.807, 2.05) is 0 Å². The number of halogens is 3. The fourth-order valence-corrected chi connectivity index (χ4v) is 2.69. The molecule has 0 bridgehead atoms. The minimum Gasteiger partial charge on any atom is -0.490 e. The summed E-state index contributed by atoms with van der Waals surface area (Å²) in [5.41, 5.74) is 0.642. The number of anilines is 1. The Morgan fingerprint density at radius 3 is 2.77 bits per heavy atom. The third-order valence-corrected chi connectivity index (χ3v) is 4.01. The summed E-state index contributed by atoms with van der Waals surface area (Å²) in [5.74, 6) is 0.0263. The highest BCUT2D eigenvalue weighted by Crippen LogP contribution is 2.30. The molecule has 0 aliphatic carbocycles. The van der Waals surface area contributed by atoms with Gasteiger partial charge in [0.2, 0.25) is 0 Å². The highest BCUT2D eigenvalue weighted by Gasteiger charge is 2.15. The summed E-state index contributed by atoms with van der Waals surface area (Å²) >= 11 is 5.91. The maximum atomic E-state index is 12.5. The van der Waals surface area contributed by atoms with Gasteiger partial charge in [-0.15, -0.1) is 0 Å². The van der Waals surface area contributed by atoms with Gasteiger partial charge in [0.1, 0.15) is 5.75 Å². The van der Waals surface area contributed by atoms with Crippen LogP contribution in [0.3, 0.4) is 0 Å². The van der Waals surface area contributed by atoms with Gasteiger partial charge in [-0.2, -0.15) is 13.9 Å². The highest BCUT2D eigenvalue weighted by molar-refractivity contribution is 6.30. The minimum absolute atomic E-state index is 0.0519. The van der Waals surface area contributed by atoms with Crippen molar-refractivity contribution in [2.24, 2.45) is 0 Å². The molecule has 158 valence electrons. The van der Waals surface area contributed by atoms with E-state index < -0.39 is 12.5 Å². The first-order valence-electron chi connectivity index (χ1n) is 8.88. The summed E-state index contributed by atoms with van der Waals surface area (Å²) in [6.07, 6.45) is 3.04. The lowest BCUT2D eigenvalue weighted by atomic mass is 10.2. The number of benzene rings is 2. The summed E-state index contributed by atoms with van der Waals surface area (Å²) in [6, 6.07) is 10.9. The van der Waals surface area contributed by atoms with E-state index in [2.05, 4.69) is 15.2 Å². The van der Waals surface area contributed by atoms with Crippen molar-refractivity contribution < 1.29 is 27.8 Å². The molecule has 1 heterocycles. The van der Waals surface area contributed by atoms with Crippen molar-refractivity contribution in [3.8, 4) is 17.2 Å². The molecule has 0 atom stereocenters. The van der Waals surface area contributed by atoms with Crippen molar-refractivity contribution in [1.29, 1.82) is 0 Å². The van der Waals surface area contributed by atoms with E-state index in [4.69, 9.17) is 21.1 Å². The molecule has 30 heavy (non-hydrogen) atoms. The van der Waals surface area contributed by atoms with Crippen LogP contribution in [-0.4, -0.2) is 28.9 Å². The van der Waals surface area contributed by atoms with Gasteiger partial charge in [0, 0.05) is 10.6 Å². The van der Waals surface area contributed by atoms with E-state index in [-0.39, 0.29) is 30.4 Å². The lowest BCUT2D eigenvalue weighted by Gasteiger charge is -2.12. The van der Waals surface area contributed by atoms with Crippen LogP contribution >= 0.6 is 11.6 Å². The van der Waals surface area contributed by atoms with Gasteiger partial charge in [0.05, 0.1) is 24.7 Å². The van der Waals surface area contributed by atoms with E-state index in [0.29, 0.717) is 16.5 Å². The molecule has 3 rings (SSSR count). The van der Waals surface area contributed by atoms with Crippen LogP contribution in [-0.2, 0) is 6.73 Å². The summed E-state index contributed by atoms with van der Waals surface area (Å²) < 4.78 is 41.7. The molecule has 2 aromatic carbocycles. The van der Waals surface area contributed by atoms with Crippen molar-refractivity contribution in [2.75, 3.05) is 11.9 Å². The Balaban J connectivity index is 1.64. The Morgan fingerprint density at radius 2 is 2.03 bits per heavy atom. The fraction of sp³-hybridized carbons (Fsp3) is 0.200. The second-order valence-corrected chi connectivity index (χ2v) is 6.36. The fourth-order valence-electron chi connectivity index (χ4n) is 2.51. The average molecular weight is 438 g/mol. The predicted molar refractivity (Wildman–Crippen MR) is 107 cm³/mol. The predicted octanol–water partition coefficient (Wildman–Crippen LogP) is 4.83. The van der Waals surface area contributed by atoms with Crippen molar-refractivity contribution >= 4 is 23.2 Å². The number of aromatic nitrogens is 2. The first-order chi connectivity index (χ1) is 14.4. The largest absolute Gasteiger partial charge is 0.490 e. The van der Waals surface area contributed by atoms with Gasteiger partial charge >= 0.3 is 6.61 Å². The number of hydrogen-bond acceptors (Lipinski definition) is 5. The van der Waals surface area contributed by atoms with Crippen molar-refractivity contribution in [2.45, 2.75) is 20.3 Å². The molecule has 0 fully saturated rings. The zero-order valence-corrected chi connectivity index (χ0v) is 16.6. The molecule has 1 amide bonds. The number of rotatable bonds is 9. The molecule has 7 nitrogen and oxygen atoms in total. The summed E-state index contributed by atoms with van der Waals surface area (Å²) in [6.45, 7) is -0.962. The topological polar surface area (TPSA) is 74.6 Å². The number of carbonyl (C=O) groups excluding carboxylic acids is 1. The van der Waals surface area contributed by atoms with Crippen LogP contribution in [0.15, 0.2) is 54.9 Å². The second kappa shape index (κ2) is 9.93. The molecule has 0 radical (unpaired) electrons. The molecule has 0 unspecified atom stereocenters. The van der Waals surface area contributed by atoms with Crippen LogP contribution in [0.4, 0.5) is 14.5 Å². The standard InChI is InChI=1S/C20H18ClF2N3O4/c1-2-28-18-8-13(6-7-17(18)30-20(22)23)19(27)25-15-10-24-26(11-15)12-29-16-5-3-4-14(21)9-16/h3-11,20H,2,12H2,1H3,(H,25,27). The number of amides is 1. The third kappa shape index (κ3) is 5.84. The second-order valence-electron chi connectivity index (χ2n) is 5.93. The van der Waals surface area contributed by atoms with Crippen LogP contribution in [0, 0.1) is 0 Å². The Bertz CT molecular complexity index is 1010. The Hall–Kier alpha value is -3.33. The van der Waals surface area contributed by atoms with Gasteiger partial charge in [0.15, 0.2) is 18.2 Å². The summed E-state index contributed by atoms with van der Waals surface area (Å²) in [4.78, 5) is 12.5. The number of ether oxygens (including phenoxy) is 3. The normalized spacial score (nSPS) is 10.7. The van der Waals surface area contributed by atoms with E-state index in [1.165, 1.54) is 29.1 Å². The van der Waals surface area contributed by atoms with Gasteiger partial charge in [-0.05, 0) is 43.3 Å². The SMILES string of the molecule is CCOc1cc(C(=O)Nc2cnn(COc3cccc(Cl)c3)c2)ccc1OC(F)F. The zero-order valence-electron chi connectivity index (χ0n) is 15.8. The Morgan fingerprint density at radius 1 is 1.20 bits per heavy atom. The van der Waals surface area contributed by atoms with E-state index in [0.717, 1.165) is 0 Å². The van der Waals surface area contributed by atoms with Gasteiger partial charge in [-0.3, -0.25) is 4.79 Å². The maximum absolute atomic E-state index is 12.5. The number of nitrogens with zero attached hydrogens (tertiary/aromatic N) is 2. The molecular weight excluding hydrogens is 420 g/mol. The molecule has 10 heteroatoms. The molecule has 0 spiro atoms. The van der Waals surface area contributed by atoms with Crippen LogP contribution < -0.4 is 19.5 Å². The lowest BCUT2D eigenvalue weighted by Crippen LogP contribution is -2.12. The molecule has 0 aliphatic heterocycles. The Labute approximate surface area is 176 Å². The number of nitrogens with one attached hydrogen (secondary N) is 1.